The van der Waals surface area contributed by atoms with Gasteiger partial charge in [0, 0.05) is 25.0 Å². The first-order chi connectivity index (χ1) is 7.58. The zero-order valence-corrected chi connectivity index (χ0v) is 10.5. The molecule has 1 aliphatic carbocycles. The van der Waals surface area contributed by atoms with Crippen LogP contribution in [-0.2, 0) is 4.79 Å². The Labute approximate surface area is 98.4 Å². The summed E-state index contributed by atoms with van der Waals surface area (Å²) in [6.45, 7) is 6.50. The molecule has 0 radical (unpaired) electrons. The van der Waals surface area contributed by atoms with Crippen molar-refractivity contribution in [2.45, 2.75) is 45.6 Å². The fourth-order valence-electron chi connectivity index (χ4n) is 2.91. The molecule has 2 N–H and O–H groups in total. The highest BCUT2D eigenvalue weighted by Gasteiger charge is 2.36. The second-order valence-electron chi connectivity index (χ2n) is 5.84. The Morgan fingerprint density at radius 2 is 1.81 bits per heavy atom. The molecule has 1 aliphatic heterocycles. The number of likely N-dealkylation sites (tertiary alicyclic amines) is 1. The van der Waals surface area contributed by atoms with Gasteiger partial charge in [0.05, 0.1) is 0 Å². The zero-order chi connectivity index (χ0) is 11.7. The topological polar surface area (TPSA) is 46.3 Å². The minimum Gasteiger partial charge on any atom is -0.342 e. The summed E-state index contributed by atoms with van der Waals surface area (Å²) in [5.41, 5.74) is 5.73. The number of amides is 1. The van der Waals surface area contributed by atoms with Crippen molar-refractivity contribution in [2.75, 3.05) is 13.1 Å². The number of nitrogens with zero attached hydrogens (tertiary/aromatic N) is 1. The molecule has 0 aromatic rings. The fourth-order valence-corrected chi connectivity index (χ4v) is 2.91. The third kappa shape index (κ3) is 2.40. The molecule has 3 nitrogen and oxygen atoms in total. The van der Waals surface area contributed by atoms with Crippen molar-refractivity contribution in [1.82, 2.24) is 4.90 Å². The maximum Gasteiger partial charge on any atom is 0.225 e. The second kappa shape index (κ2) is 4.74. The van der Waals surface area contributed by atoms with Crippen LogP contribution in [0.4, 0.5) is 0 Å². The van der Waals surface area contributed by atoms with Crippen LogP contribution in [0, 0.1) is 17.8 Å². The highest BCUT2D eigenvalue weighted by atomic mass is 16.2. The van der Waals surface area contributed by atoms with Crippen molar-refractivity contribution in [1.29, 1.82) is 0 Å². The van der Waals surface area contributed by atoms with Crippen LogP contribution >= 0.6 is 0 Å². The highest BCUT2D eigenvalue weighted by molar-refractivity contribution is 5.80. The molecular weight excluding hydrogens is 200 g/mol. The summed E-state index contributed by atoms with van der Waals surface area (Å²) in [4.78, 5) is 14.1. The van der Waals surface area contributed by atoms with E-state index < -0.39 is 0 Å². The molecule has 0 aromatic carbocycles. The van der Waals surface area contributed by atoms with E-state index in [9.17, 15) is 4.79 Å². The molecule has 2 fully saturated rings. The van der Waals surface area contributed by atoms with Gasteiger partial charge in [0.1, 0.15) is 0 Å². The Morgan fingerprint density at radius 1 is 1.25 bits per heavy atom. The third-order valence-electron chi connectivity index (χ3n) is 4.32. The molecule has 0 atom stereocenters. The summed E-state index contributed by atoms with van der Waals surface area (Å²) in [7, 11) is 0. The molecule has 1 saturated heterocycles. The van der Waals surface area contributed by atoms with Gasteiger partial charge in [-0.25, -0.2) is 0 Å². The van der Waals surface area contributed by atoms with Crippen LogP contribution in [0.15, 0.2) is 0 Å². The van der Waals surface area contributed by atoms with Crippen molar-refractivity contribution in [3.63, 3.8) is 0 Å². The SMILES string of the molecule is CC(C)C1CCN(C(=O)[C@H]2C[C@@H](N)C2)CC1. The minimum absolute atomic E-state index is 0.241. The first kappa shape index (κ1) is 11.9. The van der Waals surface area contributed by atoms with Gasteiger partial charge in [-0.2, -0.15) is 0 Å². The minimum atomic E-state index is 0.241. The normalized spacial score (nSPS) is 31.6. The summed E-state index contributed by atoms with van der Waals surface area (Å²) in [6.07, 6.45) is 4.18. The van der Waals surface area contributed by atoms with Crippen LogP contribution in [0.3, 0.4) is 0 Å². The predicted molar refractivity (Wildman–Crippen MR) is 64.8 cm³/mol. The van der Waals surface area contributed by atoms with Gasteiger partial charge < -0.3 is 10.6 Å². The number of piperidine rings is 1. The maximum absolute atomic E-state index is 12.1. The Kier molecular flexibility index (Phi) is 3.53. The summed E-state index contributed by atoms with van der Waals surface area (Å²) in [5, 5.41) is 0. The Hall–Kier alpha value is -0.570. The van der Waals surface area contributed by atoms with Crippen LogP contribution in [0.1, 0.15) is 39.5 Å². The first-order valence-corrected chi connectivity index (χ1v) is 6.62. The van der Waals surface area contributed by atoms with E-state index in [0.717, 1.165) is 37.8 Å². The lowest BCUT2D eigenvalue weighted by Gasteiger charge is -2.39. The summed E-state index contributed by atoms with van der Waals surface area (Å²) < 4.78 is 0. The van der Waals surface area contributed by atoms with Crippen LogP contribution < -0.4 is 5.73 Å². The van der Waals surface area contributed by atoms with E-state index in [-0.39, 0.29) is 12.0 Å². The lowest BCUT2D eigenvalue weighted by molar-refractivity contribution is -0.140. The van der Waals surface area contributed by atoms with E-state index in [4.69, 9.17) is 5.73 Å². The molecule has 0 spiro atoms. The lowest BCUT2D eigenvalue weighted by atomic mass is 9.79. The molecule has 2 rings (SSSR count). The van der Waals surface area contributed by atoms with Gasteiger partial charge in [-0.3, -0.25) is 4.79 Å². The van der Waals surface area contributed by atoms with Gasteiger partial charge in [-0.15, -0.1) is 0 Å². The molecule has 2 aliphatic rings. The van der Waals surface area contributed by atoms with Crippen LogP contribution in [0.25, 0.3) is 0 Å². The van der Waals surface area contributed by atoms with Gasteiger partial charge in [-0.05, 0) is 37.5 Å². The lowest BCUT2D eigenvalue weighted by Crippen LogP contribution is -2.49. The zero-order valence-electron chi connectivity index (χ0n) is 10.5. The average molecular weight is 224 g/mol. The van der Waals surface area contributed by atoms with Crippen LogP contribution in [0.5, 0.6) is 0 Å². The quantitative estimate of drug-likeness (QED) is 0.774. The number of hydrogen-bond acceptors (Lipinski definition) is 2. The van der Waals surface area contributed by atoms with Crippen molar-refractivity contribution >= 4 is 5.91 Å². The Balaban J connectivity index is 1.78. The fraction of sp³-hybridized carbons (Fsp3) is 0.923. The van der Waals surface area contributed by atoms with Gasteiger partial charge in [0.25, 0.3) is 0 Å². The summed E-state index contributed by atoms with van der Waals surface area (Å²) in [6, 6.07) is 0.280. The van der Waals surface area contributed by atoms with E-state index in [0.29, 0.717) is 5.91 Å². The molecule has 92 valence electrons. The Morgan fingerprint density at radius 3 is 2.25 bits per heavy atom. The molecule has 1 saturated carbocycles. The van der Waals surface area contributed by atoms with Crippen molar-refractivity contribution in [3.8, 4) is 0 Å². The average Bonchev–Trinajstić information content (AvgIpc) is 2.24. The highest BCUT2D eigenvalue weighted by Crippen LogP contribution is 2.30. The molecule has 0 bridgehead atoms. The van der Waals surface area contributed by atoms with Crippen LogP contribution in [-0.4, -0.2) is 29.9 Å². The van der Waals surface area contributed by atoms with Gasteiger partial charge in [0.2, 0.25) is 5.91 Å². The number of hydrogen-bond donors (Lipinski definition) is 1. The van der Waals surface area contributed by atoms with E-state index in [1.54, 1.807) is 0 Å². The molecule has 0 aromatic heterocycles. The largest absolute Gasteiger partial charge is 0.342 e. The molecule has 16 heavy (non-hydrogen) atoms. The monoisotopic (exact) mass is 224 g/mol. The molecule has 3 heteroatoms. The van der Waals surface area contributed by atoms with Crippen molar-refractivity contribution in [2.24, 2.45) is 23.5 Å². The summed E-state index contributed by atoms with van der Waals surface area (Å²) in [5.74, 6) is 2.18. The number of nitrogens with two attached hydrogens (primary N) is 1. The van der Waals surface area contributed by atoms with Gasteiger partial charge in [0.15, 0.2) is 0 Å². The van der Waals surface area contributed by atoms with E-state index in [2.05, 4.69) is 18.7 Å². The van der Waals surface area contributed by atoms with E-state index in [1.165, 1.54) is 12.8 Å². The van der Waals surface area contributed by atoms with Crippen LogP contribution in [0.2, 0.25) is 0 Å². The van der Waals surface area contributed by atoms with E-state index >= 15 is 0 Å². The number of carbonyl (C=O) groups is 1. The molecular formula is C13H24N2O. The number of carbonyl (C=O) groups excluding carboxylic acids is 1. The predicted octanol–water partition coefficient (Wildman–Crippen LogP) is 1.62. The van der Waals surface area contributed by atoms with Gasteiger partial charge in [-0.1, -0.05) is 13.8 Å². The maximum atomic E-state index is 12.1. The van der Waals surface area contributed by atoms with E-state index in [1.807, 2.05) is 0 Å². The smallest absolute Gasteiger partial charge is 0.225 e. The third-order valence-corrected chi connectivity index (χ3v) is 4.32. The molecule has 1 amide bonds. The molecule has 1 heterocycles. The Bertz CT molecular complexity index is 251. The standard InChI is InChI=1S/C13H24N2O/c1-9(2)10-3-5-15(6-4-10)13(16)11-7-12(14)8-11/h9-12H,3-8,14H2,1-2H3/t11-,12+. The van der Waals surface area contributed by atoms with Crippen molar-refractivity contribution in [3.05, 3.63) is 0 Å². The second-order valence-corrected chi connectivity index (χ2v) is 5.84. The van der Waals surface area contributed by atoms with Crippen molar-refractivity contribution < 1.29 is 4.79 Å². The summed E-state index contributed by atoms with van der Waals surface area (Å²) >= 11 is 0. The molecule has 0 unspecified atom stereocenters. The van der Waals surface area contributed by atoms with Gasteiger partial charge >= 0.3 is 0 Å². The number of rotatable bonds is 2. The first-order valence-electron chi connectivity index (χ1n) is 6.62.